The van der Waals surface area contributed by atoms with Crippen molar-refractivity contribution < 1.29 is 13.3 Å². The number of para-hydroxylation sites is 4. The van der Waals surface area contributed by atoms with Crippen LogP contribution in [0.1, 0.15) is 0 Å². The van der Waals surface area contributed by atoms with Gasteiger partial charge in [-0.1, -0.05) is 437 Å². The van der Waals surface area contributed by atoms with Crippen LogP contribution in [0, 0.1) is 0 Å². The van der Waals surface area contributed by atoms with Crippen molar-refractivity contribution in [2.75, 3.05) is 0 Å². The topological polar surface area (TPSA) is 155 Å². The molecule has 19 aromatic carbocycles. The second kappa shape index (κ2) is 35.2. The van der Waals surface area contributed by atoms with Crippen LogP contribution in [0.25, 0.3) is 246 Å². The van der Waals surface area contributed by atoms with Gasteiger partial charge in [-0.05, 0) is 102 Å². The summed E-state index contributed by atoms with van der Waals surface area (Å²) in [6, 6.07) is 160. The van der Waals surface area contributed by atoms with Gasteiger partial charge < -0.3 is 13.3 Å². The zero-order valence-corrected chi connectivity index (χ0v) is 71.7. The average Bonchev–Trinajstić information content (AvgIpc) is 1.62. The fourth-order valence-corrected chi connectivity index (χ4v) is 17.7. The molecule has 25 aromatic rings. The van der Waals surface area contributed by atoms with Gasteiger partial charge in [-0.25, -0.2) is 44.9 Å². The molecule has 0 aliphatic heterocycles. The predicted molar refractivity (Wildman–Crippen MR) is 540 cm³/mol. The first-order chi connectivity index (χ1) is 65.9. The first kappa shape index (κ1) is 79.5. The fourth-order valence-electron chi connectivity index (χ4n) is 17.7. The summed E-state index contributed by atoms with van der Waals surface area (Å²) < 4.78 is 18.6. The van der Waals surface area contributed by atoms with Crippen molar-refractivity contribution in [2.24, 2.45) is 0 Å². The number of rotatable bonds is 15. The molecule has 0 fully saturated rings. The van der Waals surface area contributed by atoms with E-state index in [2.05, 4.69) is 279 Å². The van der Waals surface area contributed by atoms with E-state index in [1.54, 1.807) is 0 Å². The Hall–Kier alpha value is -18.1. The Bertz CT molecular complexity index is 8490. The van der Waals surface area contributed by atoms with Crippen molar-refractivity contribution in [1.29, 1.82) is 0 Å². The van der Waals surface area contributed by atoms with Crippen LogP contribution in [-0.2, 0) is 0 Å². The summed E-state index contributed by atoms with van der Waals surface area (Å²) in [5.74, 6) is 5.78. The molecule has 0 unspecified atom stereocenters. The standard InChI is InChI=1S/C43H27N3O.2C39H25N3O/c1-3-12-29(13-4-1)41-44-42(30-14-5-2-6-15-30)46-43(45-41)31-24-22-28(23-25-31)32-26-27-35(34-17-8-7-16-33(32)34)36-19-11-21-39-40(36)37-18-9-10-20-38(37)47-39;1-3-10-26(11-4-1)27-18-22-30(23-19-27)38-40-37(29-12-5-2-6-13-29)41-39(42-38)31-24-20-28(21-25-31)32-15-9-16-34-33-14-7-8-17-35(33)43-36(32)34;1-3-10-26(11-4-1)27-18-22-30(23-19-27)38-40-37(29-12-5-2-6-13-29)41-39(42-38)31-24-20-28(21-25-31)32-15-9-17-35-36(32)33-14-7-8-16-34(33)43-35/h1-27H;2*1-25H. The van der Waals surface area contributed by atoms with Crippen molar-refractivity contribution in [3.05, 3.63) is 467 Å². The maximum absolute atomic E-state index is 6.29. The van der Waals surface area contributed by atoms with Gasteiger partial charge in [0.25, 0.3) is 0 Å². The molecular formula is C121H77N9O3. The van der Waals surface area contributed by atoms with Gasteiger partial charge in [0.15, 0.2) is 52.4 Å². The largest absolute Gasteiger partial charge is 0.456 e. The number of hydrogen-bond donors (Lipinski definition) is 0. The van der Waals surface area contributed by atoms with Crippen LogP contribution in [0.4, 0.5) is 0 Å². The number of nitrogens with zero attached hydrogens (tertiary/aromatic N) is 9. The number of fused-ring (bicyclic) bond motifs is 10. The molecule has 133 heavy (non-hydrogen) atoms. The van der Waals surface area contributed by atoms with E-state index >= 15 is 0 Å². The molecule has 12 nitrogen and oxygen atoms in total. The third kappa shape index (κ3) is 16.0. The Labute approximate surface area is 766 Å². The van der Waals surface area contributed by atoms with Gasteiger partial charge in [0.05, 0.1) is 0 Å². The minimum Gasteiger partial charge on any atom is -0.456 e. The molecule has 12 heteroatoms. The molecule has 0 amide bonds. The third-order valence-corrected chi connectivity index (χ3v) is 24.3. The SMILES string of the molecule is c1ccc(-c2ccc(-c3nc(-c4ccccc4)nc(-c4ccc(-c5cccc6c5oc5ccccc56)cc4)n3)cc2)cc1.c1ccc(-c2ccc(-c3nc(-c4ccccc4)nc(-c4ccc(-c5cccc6oc7ccccc7c56)cc4)n3)cc2)cc1.c1ccc(-c2nc(-c3ccccc3)nc(-c3ccc(-c4ccc(-c5cccc6oc7ccccc7c56)c5ccccc45)cc3)n2)cc1. The van der Waals surface area contributed by atoms with E-state index in [-0.39, 0.29) is 0 Å². The minimum atomic E-state index is 0.629. The normalized spacial score (nSPS) is 11.3. The van der Waals surface area contributed by atoms with Gasteiger partial charge in [0.2, 0.25) is 0 Å². The van der Waals surface area contributed by atoms with Gasteiger partial charge in [-0.3, -0.25) is 0 Å². The molecular weight excluding hydrogens is 1630 g/mol. The lowest BCUT2D eigenvalue weighted by molar-refractivity contribution is 0.668. The van der Waals surface area contributed by atoms with Crippen molar-refractivity contribution in [2.45, 2.75) is 0 Å². The second-order valence-electron chi connectivity index (χ2n) is 32.5. The Morgan fingerprint density at radius 3 is 0.699 bits per heavy atom. The Morgan fingerprint density at radius 2 is 0.331 bits per heavy atom. The molecule has 6 heterocycles. The summed E-state index contributed by atoms with van der Waals surface area (Å²) in [4.78, 5) is 44.1. The van der Waals surface area contributed by atoms with Crippen molar-refractivity contribution in [3.8, 4) is 169 Å². The van der Waals surface area contributed by atoms with Gasteiger partial charge in [0.1, 0.15) is 33.5 Å². The van der Waals surface area contributed by atoms with E-state index in [9.17, 15) is 0 Å². The summed E-state index contributed by atoms with van der Waals surface area (Å²) in [6.45, 7) is 0. The molecule has 0 N–H and O–H groups in total. The molecule has 624 valence electrons. The number of aromatic nitrogens is 9. The highest BCUT2D eigenvalue weighted by atomic mass is 16.3. The first-order valence-corrected chi connectivity index (χ1v) is 44.3. The van der Waals surface area contributed by atoms with E-state index in [1.807, 2.05) is 188 Å². The van der Waals surface area contributed by atoms with Crippen LogP contribution in [0.5, 0.6) is 0 Å². The molecule has 6 aromatic heterocycles. The highest BCUT2D eigenvalue weighted by Gasteiger charge is 2.22. The number of furan rings is 3. The first-order valence-electron chi connectivity index (χ1n) is 44.3. The minimum absolute atomic E-state index is 0.629. The van der Waals surface area contributed by atoms with Crippen LogP contribution in [0.15, 0.2) is 480 Å². The quantitative estimate of drug-likeness (QED) is 0.0959. The highest BCUT2D eigenvalue weighted by molar-refractivity contribution is 6.17. The maximum Gasteiger partial charge on any atom is 0.164 e. The maximum atomic E-state index is 6.29. The summed E-state index contributed by atoms with van der Waals surface area (Å²) in [7, 11) is 0. The lowest BCUT2D eigenvalue weighted by Gasteiger charge is -2.13. The molecule has 0 saturated heterocycles. The van der Waals surface area contributed by atoms with Crippen molar-refractivity contribution in [1.82, 2.24) is 44.9 Å². The van der Waals surface area contributed by atoms with Gasteiger partial charge >= 0.3 is 0 Å². The molecule has 0 spiro atoms. The van der Waals surface area contributed by atoms with Crippen molar-refractivity contribution in [3.63, 3.8) is 0 Å². The Balaban J connectivity index is 0.000000113. The van der Waals surface area contributed by atoms with E-state index in [4.69, 9.17) is 58.1 Å². The van der Waals surface area contributed by atoms with E-state index < -0.39 is 0 Å². The average molecular weight is 1710 g/mol. The molecule has 0 aliphatic rings. The van der Waals surface area contributed by atoms with Gasteiger partial charge in [-0.15, -0.1) is 0 Å². The highest BCUT2D eigenvalue weighted by Crippen LogP contribution is 2.45. The lowest BCUT2D eigenvalue weighted by Crippen LogP contribution is -2.00. The van der Waals surface area contributed by atoms with Crippen LogP contribution in [0.2, 0.25) is 0 Å². The van der Waals surface area contributed by atoms with Gasteiger partial charge in [-0.2, -0.15) is 0 Å². The van der Waals surface area contributed by atoms with Crippen LogP contribution in [0.3, 0.4) is 0 Å². The summed E-state index contributed by atoms with van der Waals surface area (Å²) in [5, 5.41) is 9.15. The lowest BCUT2D eigenvalue weighted by atomic mass is 9.90. The number of hydrogen-bond acceptors (Lipinski definition) is 12. The smallest absolute Gasteiger partial charge is 0.164 e. The molecule has 0 aliphatic carbocycles. The zero-order chi connectivity index (χ0) is 88.3. The van der Waals surface area contributed by atoms with Crippen LogP contribution < -0.4 is 0 Å². The molecule has 25 rings (SSSR count). The zero-order valence-electron chi connectivity index (χ0n) is 71.7. The molecule has 0 saturated carbocycles. The van der Waals surface area contributed by atoms with Crippen LogP contribution >= 0.6 is 0 Å². The van der Waals surface area contributed by atoms with E-state index in [0.717, 1.165) is 155 Å². The molecule has 0 atom stereocenters. The molecule has 0 radical (unpaired) electrons. The summed E-state index contributed by atoms with van der Waals surface area (Å²) in [5.41, 5.74) is 27.5. The monoisotopic (exact) mass is 1700 g/mol. The Morgan fingerprint density at radius 1 is 0.113 bits per heavy atom. The summed E-state index contributed by atoms with van der Waals surface area (Å²) in [6.07, 6.45) is 0. The third-order valence-electron chi connectivity index (χ3n) is 24.3. The Kier molecular flexibility index (Phi) is 21.1. The van der Waals surface area contributed by atoms with Crippen LogP contribution in [-0.4, -0.2) is 44.9 Å². The fraction of sp³-hybridized carbons (Fsp3) is 0. The predicted octanol–water partition coefficient (Wildman–Crippen LogP) is 31.5. The van der Waals surface area contributed by atoms with Crippen molar-refractivity contribution >= 4 is 76.6 Å². The summed E-state index contributed by atoms with van der Waals surface area (Å²) >= 11 is 0. The number of benzene rings is 19. The second-order valence-corrected chi connectivity index (χ2v) is 32.5. The van der Waals surface area contributed by atoms with E-state index in [1.165, 1.54) is 38.6 Å². The van der Waals surface area contributed by atoms with Gasteiger partial charge in [0, 0.05) is 88.0 Å². The van der Waals surface area contributed by atoms with E-state index in [0.29, 0.717) is 52.4 Å². The molecule has 0 bridgehead atoms.